The smallest absolute Gasteiger partial charge is 0.374 e. The average Bonchev–Trinajstić information content (AvgIpc) is 2.93. The van der Waals surface area contributed by atoms with Crippen LogP contribution in [0.1, 0.15) is 5.69 Å². The number of amides is 1. The molecule has 1 heterocycles. The number of rotatable bonds is 5. The molecular formula is C13H13N7O5S. The standard InChI is InChI=1S/C13H13N7O5S/c1-8-6-11(20(24)25)15-17(8)7-12(21)16-18(13(14)26)9-2-4-10(5-3-9)19(22)23/h2-6H,7H2,1H3,(H2,14,26)(H,16,21). The summed E-state index contributed by atoms with van der Waals surface area (Å²) in [6, 6.07) is 6.42. The van der Waals surface area contributed by atoms with Crippen molar-refractivity contribution in [1.29, 1.82) is 0 Å². The van der Waals surface area contributed by atoms with Gasteiger partial charge in [-0.3, -0.25) is 20.3 Å². The molecule has 0 atom stereocenters. The lowest BCUT2D eigenvalue weighted by Gasteiger charge is -2.23. The fraction of sp³-hybridized carbons (Fsp3) is 0.154. The lowest BCUT2D eigenvalue weighted by Crippen LogP contribution is -2.50. The summed E-state index contributed by atoms with van der Waals surface area (Å²) in [5.74, 6) is -0.978. The van der Waals surface area contributed by atoms with Crippen LogP contribution in [0.4, 0.5) is 17.2 Å². The summed E-state index contributed by atoms with van der Waals surface area (Å²) < 4.78 is 1.15. The zero-order valence-electron chi connectivity index (χ0n) is 13.4. The van der Waals surface area contributed by atoms with Gasteiger partial charge in [-0.2, -0.15) is 4.68 Å². The van der Waals surface area contributed by atoms with E-state index in [-0.39, 0.29) is 23.2 Å². The van der Waals surface area contributed by atoms with Gasteiger partial charge in [0.1, 0.15) is 6.54 Å². The van der Waals surface area contributed by atoms with E-state index in [9.17, 15) is 25.0 Å². The summed E-state index contributed by atoms with van der Waals surface area (Å²) in [7, 11) is 0. The van der Waals surface area contributed by atoms with Crippen LogP contribution in [0.3, 0.4) is 0 Å². The summed E-state index contributed by atoms with van der Waals surface area (Å²) >= 11 is 4.87. The maximum Gasteiger partial charge on any atom is 0.390 e. The highest BCUT2D eigenvalue weighted by atomic mass is 32.1. The molecule has 13 heteroatoms. The Hall–Kier alpha value is -3.61. The molecule has 0 aliphatic heterocycles. The summed E-state index contributed by atoms with van der Waals surface area (Å²) in [6.07, 6.45) is 0. The molecule has 0 aliphatic rings. The molecule has 12 nitrogen and oxygen atoms in total. The molecule has 2 rings (SSSR count). The fourth-order valence-corrected chi connectivity index (χ4v) is 2.16. The predicted octanol–water partition coefficient (Wildman–Crippen LogP) is 0.789. The Labute approximate surface area is 151 Å². The molecule has 0 radical (unpaired) electrons. The van der Waals surface area contributed by atoms with Crippen LogP contribution in [-0.2, 0) is 11.3 Å². The second kappa shape index (κ2) is 7.52. The van der Waals surface area contributed by atoms with Gasteiger partial charge in [-0.15, -0.1) is 0 Å². The first kappa shape index (κ1) is 18.7. The average molecular weight is 379 g/mol. The molecule has 0 bridgehead atoms. The largest absolute Gasteiger partial charge is 0.390 e. The Kier molecular flexibility index (Phi) is 5.42. The lowest BCUT2D eigenvalue weighted by molar-refractivity contribution is -0.389. The molecule has 136 valence electrons. The Morgan fingerprint density at radius 2 is 1.92 bits per heavy atom. The maximum absolute atomic E-state index is 12.2. The van der Waals surface area contributed by atoms with Crippen molar-refractivity contribution in [3.8, 4) is 0 Å². The second-order valence-electron chi connectivity index (χ2n) is 5.04. The minimum atomic E-state index is -0.667. The van der Waals surface area contributed by atoms with Crippen LogP contribution in [0, 0.1) is 27.2 Å². The quantitative estimate of drug-likeness (QED) is 0.434. The van der Waals surface area contributed by atoms with Crippen LogP contribution >= 0.6 is 12.2 Å². The van der Waals surface area contributed by atoms with E-state index in [0.717, 1.165) is 9.69 Å². The number of hydrogen-bond acceptors (Lipinski definition) is 7. The third-order valence-corrected chi connectivity index (χ3v) is 3.41. The Morgan fingerprint density at radius 1 is 1.31 bits per heavy atom. The zero-order valence-corrected chi connectivity index (χ0v) is 14.2. The molecule has 1 amide bonds. The number of aromatic nitrogens is 2. The highest BCUT2D eigenvalue weighted by Gasteiger charge is 2.20. The summed E-state index contributed by atoms with van der Waals surface area (Å²) in [4.78, 5) is 32.4. The highest BCUT2D eigenvalue weighted by molar-refractivity contribution is 7.80. The lowest BCUT2D eigenvalue weighted by atomic mass is 10.3. The summed E-state index contributed by atoms with van der Waals surface area (Å²) in [5, 5.41) is 26.0. The normalized spacial score (nSPS) is 10.2. The first-order valence-electron chi connectivity index (χ1n) is 7.01. The van der Waals surface area contributed by atoms with E-state index in [1.54, 1.807) is 6.92 Å². The number of anilines is 1. The van der Waals surface area contributed by atoms with Crippen LogP contribution < -0.4 is 16.2 Å². The van der Waals surface area contributed by atoms with E-state index in [1.807, 2.05) is 0 Å². The maximum atomic E-state index is 12.2. The van der Waals surface area contributed by atoms with Crippen molar-refractivity contribution in [2.75, 3.05) is 5.01 Å². The molecule has 0 aliphatic carbocycles. The monoisotopic (exact) mass is 379 g/mol. The van der Waals surface area contributed by atoms with Crippen molar-refractivity contribution in [1.82, 2.24) is 15.2 Å². The Balaban J connectivity index is 2.14. The molecule has 0 spiro atoms. The predicted molar refractivity (Wildman–Crippen MR) is 94.1 cm³/mol. The SMILES string of the molecule is Cc1cc([N+](=O)[O-])nn1CC(=O)NN(C(N)=S)c1ccc([N+](=O)[O-])cc1. The van der Waals surface area contributed by atoms with Crippen molar-refractivity contribution in [3.05, 3.63) is 56.3 Å². The molecule has 26 heavy (non-hydrogen) atoms. The number of benzene rings is 1. The molecule has 1 aromatic heterocycles. The number of hydrazine groups is 1. The van der Waals surface area contributed by atoms with Crippen LogP contribution in [-0.4, -0.2) is 30.6 Å². The molecule has 0 saturated heterocycles. The molecule has 1 aromatic carbocycles. The number of aryl methyl sites for hydroxylation is 1. The number of hydrogen-bond donors (Lipinski definition) is 2. The van der Waals surface area contributed by atoms with Crippen molar-refractivity contribution < 1.29 is 14.6 Å². The number of nitrogens with zero attached hydrogens (tertiary/aromatic N) is 5. The first-order valence-corrected chi connectivity index (χ1v) is 7.42. The highest BCUT2D eigenvalue weighted by Crippen LogP contribution is 2.18. The summed E-state index contributed by atoms with van der Waals surface area (Å²) in [6.45, 7) is 1.25. The van der Waals surface area contributed by atoms with Crippen LogP contribution in [0.5, 0.6) is 0 Å². The van der Waals surface area contributed by atoms with Crippen molar-refractivity contribution in [2.24, 2.45) is 5.73 Å². The third kappa shape index (κ3) is 4.27. The molecule has 0 unspecified atom stereocenters. The number of nitrogens with two attached hydrogens (primary N) is 1. The summed E-state index contributed by atoms with van der Waals surface area (Å²) in [5.41, 5.74) is 8.59. The number of carbonyl (C=O) groups is 1. The zero-order chi connectivity index (χ0) is 19.4. The van der Waals surface area contributed by atoms with Crippen molar-refractivity contribution >= 4 is 40.4 Å². The van der Waals surface area contributed by atoms with E-state index in [0.29, 0.717) is 11.4 Å². The Morgan fingerprint density at radius 3 is 2.38 bits per heavy atom. The van der Waals surface area contributed by atoms with Gasteiger partial charge >= 0.3 is 5.82 Å². The fourth-order valence-electron chi connectivity index (χ4n) is 2.01. The van der Waals surface area contributed by atoms with E-state index in [1.165, 1.54) is 30.3 Å². The van der Waals surface area contributed by atoms with Gasteiger partial charge in [0, 0.05) is 12.1 Å². The van der Waals surface area contributed by atoms with Crippen molar-refractivity contribution in [2.45, 2.75) is 13.5 Å². The van der Waals surface area contributed by atoms with E-state index >= 15 is 0 Å². The van der Waals surface area contributed by atoms with Crippen LogP contribution in [0.15, 0.2) is 30.3 Å². The van der Waals surface area contributed by atoms with Gasteiger partial charge in [-0.05, 0) is 36.2 Å². The minimum absolute atomic E-state index is 0.137. The topological polar surface area (TPSA) is 162 Å². The van der Waals surface area contributed by atoms with Gasteiger partial charge in [0.05, 0.1) is 27.5 Å². The number of non-ortho nitro benzene ring substituents is 1. The van der Waals surface area contributed by atoms with Gasteiger partial charge in [0.15, 0.2) is 5.11 Å². The number of carbonyl (C=O) groups excluding carboxylic acids is 1. The number of nitro benzene ring substituents is 1. The Bertz CT molecular complexity index is 880. The van der Waals surface area contributed by atoms with E-state index in [4.69, 9.17) is 18.0 Å². The van der Waals surface area contributed by atoms with Gasteiger partial charge in [0.2, 0.25) is 0 Å². The second-order valence-corrected chi connectivity index (χ2v) is 5.46. The number of nitrogens with one attached hydrogen (secondary N) is 1. The number of nitro groups is 2. The van der Waals surface area contributed by atoms with Crippen molar-refractivity contribution in [3.63, 3.8) is 0 Å². The van der Waals surface area contributed by atoms with E-state index < -0.39 is 15.8 Å². The molecule has 0 fully saturated rings. The van der Waals surface area contributed by atoms with Gasteiger partial charge in [0.25, 0.3) is 11.6 Å². The molecule has 2 aromatic rings. The third-order valence-electron chi connectivity index (χ3n) is 3.22. The van der Waals surface area contributed by atoms with Gasteiger partial charge in [-0.25, -0.2) is 5.01 Å². The van der Waals surface area contributed by atoms with Crippen LogP contribution in [0.2, 0.25) is 0 Å². The van der Waals surface area contributed by atoms with E-state index in [2.05, 4.69) is 10.5 Å². The molecule has 0 saturated carbocycles. The molecule has 3 N–H and O–H groups in total. The van der Waals surface area contributed by atoms with Gasteiger partial charge < -0.3 is 15.8 Å². The number of thiocarbonyl (C=S) groups is 1. The minimum Gasteiger partial charge on any atom is -0.374 e. The van der Waals surface area contributed by atoms with Gasteiger partial charge in [-0.1, -0.05) is 0 Å². The first-order chi connectivity index (χ1) is 12.2. The molecular weight excluding hydrogens is 366 g/mol. The van der Waals surface area contributed by atoms with Crippen LogP contribution in [0.25, 0.3) is 0 Å².